The first-order valence-electron chi connectivity index (χ1n) is 7.76. The lowest BCUT2D eigenvalue weighted by atomic mass is 9.93. The van der Waals surface area contributed by atoms with E-state index in [0.717, 1.165) is 29.7 Å². The minimum Gasteiger partial charge on any atom is -0.481 e. The molecule has 0 amide bonds. The summed E-state index contributed by atoms with van der Waals surface area (Å²) in [6, 6.07) is 4.39. The van der Waals surface area contributed by atoms with Gasteiger partial charge in [0.15, 0.2) is 5.16 Å². The Morgan fingerprint density at radius 1 is 1.33 bits per heavy atom. The summed E-state index contributed by atoms with van der Waals surface area (Å²) in [5, 5.41) is 18.0. The van der Waals surface area contributed by atoms with E-state index < -0.39 is 5.97 Å². The lowest BCUT2D eigenvalue weighted by Crippen LogP contribution is -2.30. The number of hydrogen-bond acceptors (Lipinski definition) is 7. The van der Waals surface area contributed by atoms with Crippen molar-refractivity contribution in [2.45, 2.75) is 37.5 Å². The number of nitrogens with zero attached hydrogens (tertiary/aromatic N) is 4. The Morgan fingerprint density at radius 3 is 2.71 bits per heavy atom. The molecule has 3 heterocycles. The van der Waals surface area contributed by atoms with Crippen LogP contribution in [0.2, 0.25) is 0 Å². The molecule has 0 bridgehead atoms. The molecule has 1 aliphatic rings. The quantitative estimate of drug-likeness (QED) is 0.661. The second-order valence-electron chi connectivity index (χ2n) is 5.86. The third-order valence-electron chi connectivity index (χ3n) is 4.17. The molecule has 2 aromatic rings. The monoisotopic (exact) mass is 348 g/mol. The Balaban J connectivity index is 1.92. The number of pyridine rings is 1. The maximum absolute atomic E-state index is 10.9. The number of hydrogen-bond donors (Lipinski definition) is 3. The summed E-state index contributed by atoms with van der Waals surface area (Å²) in [6.07, 6.45) is 4.17. The van der Waals surface area contributed by atoms with Crippen LogP contribution in [0.1, 0.15) is 19.7 Å². The molecular weight excluding hydrogens is 328 g/mol. The van der Waals surface area contributed by atoms with Crippen LogP contribution in [-0.2, 0) is 11.2 Å². The lowest BCUT2D eigenvalue weighted by molar-refractivity contribution is -0.133. The predicted octanol–water partition coefficient (Wildman–Crippen LogP) is 0.882. The van der Waals surface area contributed by atoms with Gasteiger partial charge < -0.3 is 5.11 Å². The fourth-order valence-corrected chi connectivity index (χ4v) is 3.56. The van der Waals surface area contributed by atoms with Crippen molar-refractivity contribution in [1.29, 1.82) is 0 Å². The van der Waals surface area contributed by atoms with E-state index in [1.807, 2.05) is 16.7 Å². The summed E-state index contributed by atoms with van der Waals surface area (Å²) < 4.78 is 1.90. The molecule has 8 nitrogen and oxygen atoms in total. The minimum atomic E-state index is -0.881. The van der Waals surface area contributed by atoms with Gasteiger partial charge in [0.25, 0.3) is 0 Å². The fraction of sp³-hybridized carbons (Fsp3) is 0.467. The molecule has 0 radical (unpaired) electrons. The van der Waals surface area contributed by atoms with Crippen molar-refractivity contribution >= 4 is 17.7 Å². The van der Waals surface area contributed by atoms with E-state index in [9.17, 15) is 4.79 Å². The van der Waals surface area contributed by atoms with Crippen molar-refractivity contribution in [3.05, 3.63) is 30.4 Å². The number of aromatic nitrogens is 4. The standard InChI is InChI=1S/C15H20N6O2S/c1-9-12(10(2)18-17-9)6-13-19-20-15(24-8-14(22)23)21(13)11-4-3-5-16-7-11/h3-5,7,9-10,12,17-18H,6,8H2,1-2H3,(H,22,23). The summed E-state index contributed by atoms with van der Waals surface area (Å²) in [5.74, 6) is 0.235. The van der Waals surface area contributed by atoms with E-state index in [1.165, 1.54) is 0 Å². The maximum Gasteiger partial charge on any atom is 0.313 e. The number of carbonyl (C=O) groups is 1. The Hall–Kier alpha value is -1.97. The number of hydrazine groups is 1. The van der Waals surface area contributed by atoms with Gasteiger partial charge in [0.05, 0.1) is 17.6 Å². The second kappa shape index (κ2) is 7.29. The number of carboxylic acids is 1. The molecule has 1 aliphatic heterocycles. The first-order valence-corrected chi connectivity index (χ1v) is 8.75. The Kier molecular flexibility index (Phi) is 5.12. The van der Waals surface area contributed by atoms with Gasteiger partial charge in [-0.05, 0) is 31.9 Å². The molecule has 24 heavy (non-hydrogen) atoms. The molecule has 1 fully saturated rings. The normalized spacial score (nSPS) is 23.5. The van der Waals surface area contributed by atoms with Crippen molar-refractivity contribution in [3.8, 4) is 5.69 Å². The van der Waals surface area contributed by atoms with Crippen molar-refractivity contribution in [2.24, 2.45) is 5.92 Å². The van der Waals surface area contributed by atoms with Gasteiger partial charge in [-0.15, -0.1) is 10.2 Å². The van der Waals surface area contributed by atoms with Crippen LogP contribution in [0.15, 0.2) is 29.7 Å². The first-order chi connectivity index (χ1) is 11.6. The maximum atomic E-state index is 10.9. The van der Waals surface area contributed by atoms with E-state index >= 15 is 0 Å². The highest BCUT2D eigenvalue weighted by atomic mass is 32.2. The highest BCUT2D eigenvalue weighted by Crippen LogP contribution is 2.25. The highest BCUT2D eigenvalue weighted by Gasteiger charge is 2.32. The average Bonchev–Trinajstić information content (AvgIpc) is 3.12. The number of nitrogens with one attached hydrogen (secondary N) is 2. The van der Waals surface area contributed by atoms with Crippen LogP contribution in [0, 0.1) is 5.92 Å². The molecule has 0 aliphatic carbocycles. The third-order valence-corrected chi connectivity index (χ3v) is 5.08. The van der Waals surface area contributed by atoms with Crippen LogP contribution in [0.5, 0.6) is 0 Å². The number of carboxylic acid groups (broad SMARTS) is 1. The Bertz CT molecular complexity index is 697. The second-order valence-corrected chi connectivity index (χ2v) is 6.80. The van der Waals surface area contributed by atoms with Crippen LogP contribution in [0.3, 0.4) is 0 Å². The van der Waals surface area contributed by atoms with Crippen LogP contribution in [0.4, 0.5) is 0 Å². The predicted molar refractivity (Wildman–Crippen MR) is 89.9 cm³/mol. The SMILES string of the molecule is CC1NNC(C)C1Cc1nnc(SCC(=O)O)n1-c1cccnc1. The third kappa shape index (κ3) is 3.58. The van der Waals surface area contributed by atoms with E-state index in [2.05, 4.69) is 39.9 Å². The van der Waals surface area contributed by atoms with Gasteiger partial charge in [0, 0.05) is 24.7 Å². The van der Waals surface area contributed by atoms with Crippen LogP contribution in [-0.4, -0.2) is 48.7 Å². The zero-order chi connectivity index (χ0) is 17.1. The topological polar surface area (TPSA) is 105 Å². The molecule has 2 unspecified atom stereocenters. The summed E-state index contributed by atoms with van der Waals surface area (Å²) in [7, 11) is 0. The van der Waals surface area contributed by atoms with Crippen molar-refractivity contribution in [2.75, 3.05) is 5.75 Å². The van der Waals surface area contributed by atoms with Crippen molar-refractivity contribution in [3.63, 3.8) is 0 Å². The van der Waals surface area contributed by atoms with Gasteiger partial charge in [0.1, 0.15) is 5.82 Å². The molecule has 128 valence electrons. The lowest BCUT2D eigenvalue weighted by Gasteiger charge is -2.18. The summed E-state index contributed by atoms with van der Waals surface area (Å²) in [6.45, 7) is 4.26. The number of aliphatic carboxylic acids is 1. The summed E-state index contributed by atoms with van der Waals surface area (Å²) >= 11 is 1.16. The summed E-state index contributed by atoms with van der Waals surface area (Å²) in [4.78, 5) is 15.0. The largest absolute Gasteiger partial charge is 0.481 e. The molecule has 3 rings (SSSR count). The van der Waals surface area contributed by atoms with Gasteiger partial charge in [-0.1, -0.05) is 11.8 Å². The molecule has 3 N–H and O–H groups in total. The first kappa shape index (κ1) is 16.9. The molecule has 0 aromatic carbocycles. The van der Waals surface area contributed by atoms with Gasteiger partial charge in [0.2, 0.25) is 0 Å². The van der Waals surface area contributed by atoms with E-state index in [-0.39, 0.29) is 5.75 Å². The van der Waals surface area contributed by atoms with Gasteiger partial charge in [-0.25, -0.2) is 0 Å². The molecule has 2 atom stereocenters. The van der Waals surface area contributed by atoms with Crippen molar-refractivity contribution in [1.82, 2.24) is 30.6 Å². The van der Waals surface area contributed by atoms with Crippen molar-refractivity contribution < 1.29 is 9.90 Å². The van der Waals surface area contributed by atoms with Crippen LogP contribution in [0.25, 0.3) is 5.69 Å². The molecule has 1 saturated heterocycles. The smallest absolute Gasteiger partial charge is 0.313 e. The molecule has 0 spiro atoms. The van der Waals surface area contributed by atoms with Gasteiger partial charge in [-0.3, -0.25) is 25.2 Å². The van der Waals surface area contributed by atoms with Gasteiger partial charge >= 0.3 is 5.97 Å². The van der Waals surface area contributed by atoms with E-state index in [4.69, 9.17) is 5.11 Å². The zero-order valence-corrected chi connectivity index (χ0v) is 14.3. The fourth-order valence-electron chi connectivity index (χ4n) is 2.87. The van der Waals surface area contributed by atoms with E-state index in [1.54, 1.807) is 12.4 Å². The molecule has 0 saturated carbocycles. The number of rotatable bonds is 6. The molecular formula is C15H20N6O2S. The molecule has 9 heteroatoms. The Labute approximate surface area is 144 Å². The summed E-state index contributed by atoms with van der Waals surface area (Å²) in [5.41, 5.74) is 7.32. The minimum absolute atomic E-state index is 0.0578. The van der Waals surface area contributed by atoms with Crippen LogP contribution < -0.4 is 10.9 Å². The van der Waals surface area contributed by atoms with Crippen LogP contribution >= 0.6 is 11.8 Å². The Morgan fingerprint density at radius 2 is 2.08 bits per heavy atom. The average molecular weight is 348 g/mol. The zero-order valence-electron chi connectivity index (χ0n) is 13.5. The highest BCUT2D eigenvalue weighted by molar-refractivity contribution is 7.99. The number of thioether (sulfide) groups is 1. The van der Waals surface area contributed by atoms with Gasteiger partial charge in [-0.2, -0.15) is 0 Å². The van der Waals surface area contributed by atoms with E-state index in [0.29, 0.717) is 23.2 Å². The molecule has 2 aromatic heterocycles.